The van der Waals surface area contributed by atoms with Crippen LogP contribution in [0.5, 0.6) is 17.2 Å². The molecule has 0 aliphatic heterocycles. The number of ether oxygens (including phenoxy) is 3. The summed E-state index contributed by atoms with van der Waals surface area (Å²) in [5.41, 5.74) is 5.09. The summed E-state index contributed by atoms with van der Waals surface area (Å²) in [4.78, 5) is 17.1. The SMILES string of the molecule is COc1cc(CC(=O)Nc2nc(-c3ccc(C)c(C)c3)cs2)cc(OC)c1OC. The normalized spacial score (nSPS) is 10.5. The molecular weight excluding hydrogens is 388 g/mol. The van der Waals surface area contributed by atoms with Crippen LogP contribution < -0.4 is 19.5 Å². The minimum atomic E-state index is -0.166. The maximum Gasteiger partial charge on any atom is 0.230 e. The van der Waals surface area contributed by atoms with E-state index in [1.807, 2.05) is 11.4 Å². The maximum absolute atomic E-state index is 12.5. The molecule has 0 bridgehead atoms. The van der Waals surface area contributed by atoms with E-state index in [2.05, 4.69) is 36.3 Å². The van der Waals surface area contributed by atoms with Crippen LogP contribution in [-0.4, -0.2) is 32.2 Å². The number of carbonyl (C=O) groups excluding carboxylic acids is 1. The van der Waals surface area contributed by atoms with Crippen LogP contribution in [0.25, 0.3) is 11.3 Å². The van der Waals surface area contributed by atoms with Gasteiger partial charge >= 0.3 is 0 Å². The highest BCUT2D eigenvalue weighted by atomic mass is 32.1. The highest BCUT2D eigenvalue weighted by Gasteiger charge is 2.16. The number of methoxy groups -OCH3 is 3. The van der Waals surface area contributed by atoms with Gasteiger partial charge in [-0.1, -0.05) is 12.1 Å². The molecule has 29 heavy (non-hydrogen) atoms. The quantitative estimate of drug-likeness (QED) is 0.612. The first kappa shape index (κ1) is 20.7. The molecule has 2 aromatic carbocycles. The molecule has 1 aromatic heterocycles. The molecule has 0 aliphatic rings. The van der Waals surface area contributed by atoms with Crippen molar-refractivity contribution in [2.45, 2.75) is 20.3 Å². The molecule has 0 fully saturated rings. The van der Waals surface area contributed by atoms with Crippen LogP contribution >= 0.6 is 11.3 Å². The zero-order valence-corrected chi connectivity index (χ0v) is 18.0. The van der Waals surface area contributed by atoms with E-state index in [4.69, 9.17) is 14.2 Å². The molecule has 7 heteroatoms. The summed E-state index contributed by atoms with van der Waals surface area (Å²) in [5.74, 6) is 1.36. The summed E-state index contributed by atoms with van der Waals surface area (Å²) < 4.78 is 16.0. The average molecular weight is 413 g/mol. The standard InChI is InChI=1S/C22H24N2O4S/c1-13-6-7-16(8-14(13)2)17-12-29-22(23-17)24-20(25)11-15-9-18(26-3)21(28-5)19(10-15)27-4/h6-10,12H,11H2,1-5H3,(H,23,24,25). The van der Waals surface area contributed by atoms with Gasteiger partial charge in [0.05, 0.1) is 33.4 Å². The van der Waals surface area contributed by atoms with Crippen molar-refractivity contribution in [2.24, 2.45) is 0 Å². The molecule has 0 saturated carbocycles. The number of aryl methyl sites for hydroxylation is 2. The zero-order valence-electron chi connectivity index (χ0n) is 17.2. The summed E-state index contributed by atoms with van der Waals surface area (Å²) in [6.07, 6.45) is 0.162. The van der Waals surface area contributed by atoms with Crippen molar-refractivity contribution in [2.75, 3.05) is 26.6 Å². The highest BCUT2D eigenvalue weighted by molar-refractivity contribution is 7.14. The third-order valence-electron chi connectivity index (χ3n) is 4.64. The number of hydrogen-bond acceptors (Lipinski definition) is 6. The number of anilines is 1. The Bertz CT molecular complexity index is 1000. The topological polar surface area (TPSA) is 69.7 Å². The Hall–Kier alpha value is -3.06. The van der Waals surface area contributed by atoms with Gasteiger partial charge in [0.25, 0.3) is 0 Å². The summed E-state index contributed by atoms with van der Waals surface area (Å²) in [6, 6.07) is 9.75. The van der Waals surface area contributed by atoms with E-state index in [0.717, 1.165) is 16.8 Å². The van der Waals surface area contributed by atoms with Crippen molar-refractivity contribution in [1.29, 1.82) is 0 Å². The number of carbonyl (C=O) groups is 1. The van der Waals surface area contributed by atoms with Crippen molar-refractivity contribution in [3.63, 3.8) is 0 Å². The molecular formula is C22H24N2O4S. The van der Waals surface area contributed by atoms with E-state index in [1.54, 1.807) is 33.5 Å². The van der Waals surface area contributed by atoms with Gasteiger partial charge in [0.1, 0.15) is 0 Å². The molecule has 1 amide bonds. The van der Waals surface area contributed by atoms with Crippen LogP contribution in [-0.2, 0) is 11.2 Å². The third-order valence-corrected chi connectivity index (χ3v) is 5.40. The molecule has 152 valence electrons. The maximum atomic E-state index is 12.5. The monoisotopic (exact) mass is 412 g/mol. The minimum Gasteiger partial charge on any atom is -0.493 e. The van der Waals surface area contributed by atoms with Crippen LogP contribution in [0.1, 0.15) is 16.7 Å². The summed E-state index contributed by atoms with van der Waals surface area (Å²) >= 11 is 1.40. The highest BCUT2D eigenvalue weighted by Crippen LogP contribution is 2.38. The molecule has 0 unspecified atom stereocenters. The zero-order chi connectivity index (χ0) is 21.0. The number of nitrogens with one attached hydrogen (secondary N) is 1. The van der Waals surface area contributed by atoms with E-state index in [-0.39, 0.29) is 12.3 Å². The third kappa shape index (κ3) is 4.68. The van der Waals surface area contributed by atoms with Gasteiger partial charge in [-0.2, -0.15) is 0 Å². The van der Waals surface area contributed by atoms with Crippen molar-refractivity contribution >= 4 is 22.4 Å². The fraction of sp³-hybridized carbons (Fsp3) is 0.273. The molecule has 3 rings (SSSR count). The van der Waals surface area contributed by atoms with Crippen molar-refractivity contribution in [3.8, 4) is 28.5 Å². The second-order valence-electron chi connectivity index (χ2n) is 6.60. The van der Waals surface area contributed by atoms with Gasteiger partial charge in [-0.15, -0.1) is 11.3 Å². The second-order valence-corrected chi connectivity index (χ2v) is 7.45. The Morgan fingerprint density at radius 3 is 2.28 bits per heavy atom. The Morgan fingerprint density at radius 1 is 1.00 bits per heavy atom. The first-order valence-electron chi connectivity index (χ1n) is 9.07. The second kappa shape index (κ2) is 8.96. The van der Waals surface area contributed by atoms with Gasteiger partial charge in [0.2, 0.25) is 11.7 Å². The molecule has 6 nitrogen and oxygen atoms in total. The lowest BCUT2D eigenvalue weighted by Crippen LogP contribution is -2.14. The average Bonchev–Trinajstić information content (AvgIpc) is 3.17. The van der Waals surface area contributed by atoms with Crippen molar-refractivity contribution < 1.29 is 19.0 Å². The minimum absolute atomic E-state index is 0.162. The predicted molar refractivity (Wildman–Crippen MR) is 115 cm³/mol. The molecule has 0 spiro atoms. The molecule has 0 aliphatic carbocycles. The number of aromatic nitrogens is 1. The van der Waals surface area contributed by atoms with E-state index in [1.165, 1.54) is 22.5 Å². The molecule has 1 heterocycles. The first-order valence-corrected chi connectivity index (χ1v) is 9.95. The first-order chi connectivity index (χ1) is 13.9. The van der Waals surface area contributed by atoms with E-state index < -0.39 is 0 Å². The number of nitrogens with zero attached hydrogens (tertiary/aromatic N) is 1. The van der Waals surface area contributed by atoms with Gasteiger partial charge in [-0.25, -0.2) is 4.98 Å². The number of rotatable bonds is 7. The van der Waals surface area contributed by atoms with Crippen LogP contribution in [0.4, 0.5) is 5.13 Å². The number of thiazole rings is 1. The Morgan fingerprint density at radius 2 is 1.69 bits per heavy atom. The summed E-state index contributed by atoms with van der Waals surface area (Å²) in [7, 11) is 4.64. The number of benzene rings is 2. The lowest BCUT2D eigenvalue weighted by Gasteiger charge is -2.13. The Kier molecular flexibility index (Phi) is 6.39. The van der Waals surface area contributed by atoms with Gasteiger partial charge in [0, 0.05) is 10.9 Å². The Labute approximate surface area is 174 Å². The molecule has 3 aromatic rings. The summed E-state index contributed by atoms with van der Waals surface area (Å²) in [5, 5.41) is 5.37. The van der Waals surface area contributed by atoms with Crippen molar-refractivity contribution in [3.05, 3.63) is 52.4 Å². The van der Waals surface area contributed by atoms with Crippen molar-refractivity contribution in [1.82, 2.24) is 4.98 Å². The van der Waals surface area contributed by atoms with Crippen LogP contribution in [0, 0.1) is 13.8 Å². The van der Waals surface area contributed by atoms with Gasteiger partial charge < -0.3 is 19.5 Å². The number of hydrogen-bond donors (Lipinski definition) is 1. The fourth-order valence-corrected chi connectivity index (χ4v) is 3.69. The predicted octanol–water partition coefficient (Wildman–Crippen LogP) is 4.63. The van der Waals surface area contributed by atoms with Gasteiger partial charge in [-0.3, -0.25) is 4.79 Å². The van der Waals surface area contributed by atoms with Gasteiger partial charge in [-0.05, 0) is 48.7 Å². The molecule has 1 N–H and O–H groups in total. The van der Waals surface area contributed by atoms with Crippen LogP contribution in [0.3, 0.4) is 0 Å². The fourth-order valence-electron chi connectivity index (χ4n) is 2.95. The number of amides is 1. The summed E-state index contributed by atoms with van der Waals surface area (Å²) in [6.45, 7) is 4.15. The lowest BCUT2D eigenvalue weighted by molar-refractivity contribution is -0.115. The Balaban J connectivity index is 1.73. The van der Waals surface area contributed by atoms with Crippen LogP contribution in [0.2, 0.25) is 0 Å². The molecule has 0 saturated heterocycles. The van der Waals surface area contributed by atoms with E-state index >= 15 is 0 Å². The lowest BCUT2D eigenvalue weighted by atomic mass is 10.1. The van der Waals surface area contributed by atoms with E-state index in [0.29, 0.717) is 22.4 Å². The van der Waals surface area contributed by atoms with Crippen LogP contribution in [0.15, 0.2) is 35.7 Å². The molecule has 0 radical (unpaired) electrons. The van der Waals surface area contributed by atoms with Gasteiger partial charge in [0.15, 0.2) is 16.6 Å². The van der Waals surface area contributed by atoms with E-state index in [9.17, 15) is 4.79 Å². The molecule has 0 atom stereocenters. The smallest absolute Gasteiger partial charge is 0.230 e. The largest absolute Gasteiger partial charge is 0.493 e.